The Hall–Kier alpha value is -7.00. The van der Waals surface area contributed by atoms with Crippen molar-refractivity contribution in [2.24, 2.45) is 5.41 Å². The van der Waals surface area contributed by atoms with Gasteiger partial charge in [-0.2, -0.15) is 0 Å². The monoisotopic (exact) mass is 917 g/mol. The number of hydrogen-bond donors (Lipinski definition) is 4. The molecule has 0 aliphatic carbocycles. The highest BCUT2D eigenvalue weighted by atomic mass is 32.2. The van der Waals surface area contributed by atoms with E-state index in [-0.39, 0.29) is 23.3 Å². The Kier molecular flexibility index (Phi) is 16.2. The van der Waals surface area contributed by atoms with Crippen molar-refractivity contribution >= 4 is 50.8 Å². The van der Waals surface area contributed by atoms with E-state index in [0.717, 1.165) is 5.56 Å². The highest BCUT2D eigenvalue weighted by Gasteiger charge is 2.38. The van der Waals surface area contributed by atoms with Crippen molar-refractivity contribution in [1.82, 2.24) is 25.7 Å². The number of nitrogens with one attached hydrogen (secondary N) is 4. The first kappa shape index (κ1) is 50.0. The van der Waals surface area contributed by atoms with Gasteiger partial charge in [0.25, 0.3) is 15.9 Å². The van der Waals surface area contributed by atoms with Gasteiger partial charge in [0.1, 0.15) is 41.0 Å². The number of pyridine rings is 1. The summed E-state index contributed by atoms with van der Waals surface area (Å²) in [7, 11) is -2.81. The van der Waals surface area contributed by atoms with E-state index in [1.807, 2.05) is 48.5 Å². The van der Waals surface area contributed by atoms with Crippen molar-refractivity contribution in [2.45, 2.75) is 96.4 Å². The van der Waals surface area contributed by atoms with Crippen molar-refractivity contribution in [2.75, 3.05) is 7.11 Å². The molecule has 0 spiro atoms. The molecule has 66 heavy (non-hydrogen) atoms. The fourth-order valence-electron chi connectivity index (χ4n) is 7.05. The lowest BCUT2D eigenvalue weighted by molar-refractivity contribution is -0.133. The van der Waals surface area contributed by atoms with Crippen molar-refractivity contribution in [3.05, 3.63) is 133 Å². The Labute approximate surface area is 387 Å². The lowest BCUT2D eigenvalue weighted by Crippen LogP contribution is -2.57. The minimum atomic E-state index is -4.39. The molecule has 0 saturated carbocycles. The lowest BCUT2D eigenvalue weighted by Gasteiger charge is -2.33. The number of rotatable bonds is 18. The Morgan fingerprint density at radius 1 is 0.788 bits per heavy atom. The van der Waals surface area contributed by atoms with Crippen molar-refractivity contribution < 1.29 is 41.8 Å². The summed E-state index contributed by atoms with van der Waals surface area (Å²) in [6.07, 6.45) is 2.90. The normalized spacial score (nSPS) is 13.0. The Bertz CT molecular complexity index is 2710. The third kappa shape index (κ3) is 12.8. The number of fused-ring (bicyclic) bond motifs is 1. The molecule has 5 aromatic rings. The zero-order valence-electron chi connectivity index (χ0n) is 38.7. The van der Waals surface area contributed by atoms with E-state index in [9.17, 15) is 27.6 Å². The van der Waals surface area contributed by atoms with Gasteiger partial charge < -0.3 is 30.2 Å². The van der Waals surface area contributed by atoms with Gasteiger partial charge in [-0.1, -0.05) is 107 Å². The van der Waals surface area contributed by atoms with E-state index >= 15 is 0 Å². The van der Waals surface area contributed by atoms with E-state index in [1.165, 1.54) is 12.1 Å². The molecule has 5 rings (SSSR count). The first-order valence-corrected chi connectivity index (χ1v) is 23.0. The summed E-state index contributed by atoms with van der Waals surface area (Å²) in [5, 5.41) is 8.83. The number of carbonyl (C=O) groups excluding carboxylic acids is 4. The maximum atomic E-state index is 14.6. The number of hydrogen-bond acceptors (Lipinski definition) is 10. The summed E-state index contributed by atoms with van der Waals surface area (Å²) in [5.74, 6) is -1.12. The molecule has 0 bridgehead atoms. The number of carbonyl (C=O) groups is 4. The second-order valence-corrected chi connectivity index (χ2v) is 19.3. The second kappa shape index (κ2) is 21.3. The van der Waals surface area contributed by atoms with Crippen LogP contribution < -0.4 is 30.1 Å². The number of benzene rings is 4. The molecule has 4 aromatic carbocycles. The van der Waals surface area contributed by atoms with E-state index in [0.29, 0.717) is 51.4 Å². The van der Waals surface area contributed by atoms with Gasteiger partial charge in [0.2, 0.25) is 11.8 Å². The lowest BCUT2D eigenvalue weighted by atomic mass is 9.86. The standard InChI is InChI=1S/C51H59N5O9S/c1-11-19-34-23-17-18-24-43(34)66(61,62)56-46(57)38(20-12-2)53-47(58)44(54-48(59)45(50(4,5)6)55-49(60)65-51(7,8)9)35-25-28-41(32(13-3)29-35)64-42-31-39(33-21-15-14-16-22-33)52-40-30-36(63-10)26-27-37(40)42/h11,13-18,21-31,38,44-45H,1,3,12,19-20H2,2,4-10H3,(H,53,58)(H,54,59)(H,55,60)(H,56,57)/t38-,44-,45+/m0/s1. The fourth-order valence-corrected chi connectivity index (χ4v) is 8.32. The van der Waals surface area contributed by atoms with Crippen LogP contribution in [0.5, 0.6) is 17.2 Å². The predicted octanol–water partition coefficient (Wildman–Crippen LogP) is 8.96. The highest BCUT2D eigenvalue weighted by Crippen LogP contribution is 2.37. The fraction of sp³-hybridized carbons (Fsp3) is 0.314. The molecule has 1 heterocycles. The molecule has 348 valence electrons. The van der Waals surface area contributed by atoms with Crippen LogP contribution in [0.15, 0.2) is 121 Å². The van der Waals surface area contributed by atoms with Gasteiger partial charge in [-0.3, -0.25) is 14.4 Å². The number of amides is 4. The summed E-state index contributed by atoms with van der Waals surface area (Å²) in [4.78, 5) is 60.6. The number of ether oxygens (including phenoxy) is 3. The number of nitrogens with zero attached hydrogens (tertiary/aromatic N) is 1. The summed E-state index contributed by atoms with van der Waals surface area (Å²) in [6, 6.07) is 23.9. The molecule has 0 unspecified atom stereocenters. The Morgan fingerprint density at radius 2 is 1.48 bits per heavy atom. The average Bonchev–Trinajstić information content (AvgIpc) is 3.26. The number of alkyl carbamates (subject to hydrolysis) is 1. The highest BCUT2D eigenvalue weighted by molar-refractivity contribution is 7.90. The Morgan fingerprint density at radius 3 is 2.12 bits per heavy atom. The molecule has 0 aliphatic heterocycles. The van der Waals surface area contributed by atoms with Crippen molar-refractivity contribution in [1.29, 1.82) is 0 Å². The molecule has 14 nitrogen and oxygen atoms in total. The zero-order chi connectivity index (χ0) is 48.4. The van der Waals surface area contributed by atoms with E-state index in [4.69, 9.17) is 19.2 Å². The van der Waals surface area contributed by atoms with Crippen LogP contribution in [0.3, 0.4) is 0 Å². The van der Waals surface area contributed by atoms with Crippen molar-refractivity contribution in [3.8, 4) is 28.5 Å². The summed E-state index contributed by atoms with van der Waals surface area (Å²) >= 11 is 0. The second-order valence-electron chi connectivity index (χ2n) is 17.7. The minimum absolute atomic E-state index is 0.0499. The summed E-state index contributed by atoms with van der Waals surface area (Å²) in [6.45, 7) is 19.8. The zero-order valence-corrected chi connectivity index (χ0v) is 39.5. The molecule has 1 aromatic heterocycles. The smallest absolute Gasteiger partial charge is 0.408 e. The summed E-state index contributed by atoms with van der Waals surface area (Å²) < 4.78 is 46.9. The van der Waals surface area contributed by atoms with Crippen LogP contribution in [0.2, 0.25) is 0 Å². The van der Waals surface area contributed by atoms with Gasteiger partial charge in [-0.15, -0.1) is 6.58 Å². The number of aromatic nitrogens is 1. The Balaban J connectivity index is 1.55. The minimum Gasteiger partial charge on any atom is -0.497 e. The van der Waals surface area contributed by atoms with Gasteiger partial charge in [-0.25, -0.2) is 22.9 Å². The van der Waals surface area contributed by atoms with Crippen LogP contribution in [-0.2, 0) is 35.6 Å². The molecule has 0 aliphatic rings. The third-order valence-electron chi connectivity index (χ3n) is 10.3. The maximum Gasteiger partial charge on any atom is 0.408 e. The van der Waals surface area contributed by atoms with Crippen LogP contribution in [0.1, 0.15) is 84.0 Å². The largest absolute Gasteiger partial charge is 0.497 e. The molecule has 15 heteroatoms. The average molecular weight is 918 g/mol. The maximum absolute atomic E-state index is 14.6. The first-order chi connectivity index (χ1) is 31.2. The van der Waals surface area contributed by atoms with Crippen LogP contribution in [0, 0.1) is 5.41 Å². The first-order valence-electron chi connectivity index (χ1n) is 21.5. The SMILES string of the molecule is C=CCc1ccccc1S(=O)(=O)NC(=O)[C@H](CCC)NC(=O)[C@@H](NC(=O)[C@@H](NC(=O)OC(C)(C)C)C(C)(C)C)c1ccc(Oc2cc(-c3ccccc3)nc3cc(OC)ccc23)c(C=C)c1. The van der Waals surface area contributed by atoms with Crippen LogP contribution in [0.4, 0.5) is 4.79 Å². The van der Waals surface area contributed by atoms with Gasteiger partial charge in [0, 0.05) is 28.6 Å². The molecule has 3 atom stereocenters. The molecular formula is C51H59N5O9S. The van der Waals surface area contributed by atoms with Gasteiger partial charge in [-0.05, 0) is 80.5 Å². The van der Waals surface area contributed by atoms with Gasteiger partial charge in [0.05, 0.1) is 23.2 Å². The van der Waals surface area contributed by atoms with Crippen molar-refractivity contribution in [3.63, 3.8) is 0 Å². The van der Waals surface area contributed by atoms with E-state index in [2.05, 4.69) is 33.8 Å². The van der Waals surface area contributed by atoms with E-state index < -0.39 is 63.0 Å². The third-order valence-corrected chi connectivity index (χ3v) is 11.7. The van der Waals surface area contributed by atoms with Crippen LogP contribution in [0.25, 0.3) is 28.2 Å². The quantitative estimate of drug-likeness (QED) is 0.0617. The molecule has 0 fully saturated rings. The number of sulfonamides is 1. The van der Waals surface area contributed by atoms with Gasteiger partial charge >= 0.3 is 6.09 Å². The van der Waals surface area contributed by atoms with Crippen LogP contribution >= 0.6 is 0 Å². The van der Waals surface area contributed by atoms with Crippen LogP contribution in [-0.4, -0.2) is 62.0 Å². The molecule has 0 saturated heterocycles. The molecule has 4 N–H and O–H groups in total. The topological polar surface area (TPSA) is 191 Å². The predicted molar refractivity (Wildman–Crippen MR) is 256 cm³/mol. The number of allylic oxidation sites excluding steroid dienone is 1. The number of methoxy groups -OCH3 is 1. The molecule has 4 amide bonds. The molecule has 0 radical (unpaired) electrons. The summed E-state index contributed by atoms with van der Waals surface area (Å²) in [5.41, 5.74) is 1.49. The molecular weight excluding hydrogens is 859 g/mol. The van der Waals surface area contributed by atoms with E-state index in [1.54, 1.807) is 104 Å². The van der Waals surface area contributed by atoms with Gasteiger partial charge in [0.15, 0.2) is 0 Å².